The second-order valence-electron chi connectivity index (χ2n) is 3.88. The van der Waals surface area contributed by atoms with E-state index in [-0.39, 0.29) is 0 Å². The highest BCUT2D eigenvalue weighted by Crippen LogP contribution is 2.33. The van der Waals surface area contributed by atoms with Gasteiger partial charge in [0.05, 0.1) is 18.3 Å². The van der Waals surface area contributed by atoms with Crippen molar-refractivity contribution < 1.29 is 0 Å². The highest BCUT2D eigenvalue weighted by atomic mass is 15.1. The van der Waals surface area contributed by atoms with Crippen LogP contribution in [0.5, 0.6) is 0 Å². The van der Waals surface area contributed by atoms with Crippen molar-refractivity contribution in [3.05, 3.63) is 40.5 Å². The molecule has 15 heavy (non-hydrogen) atoms. The number of nitrogens with zero attached hydrogens (tertiary/aromatic N) is 1. The molecule has 1 heterocycles. The SMILES string of the molecule is N#Cc1cccc2c1CC1=C2NCNC1. The van der Waals surface area contributed by atoms with E-state index in [0.717, 1.165) is 25.2 Å². The van der Waals surface area contributed by atoms with Gasteiger partial charge >= 0.3 is 0 Å². The van der Waals surface area contributed by atoms with Crippen LogP contribution in [0.15, 0.2) is 23.8 Å². The zero-order chi connectivity index (χ0) is 10.3. The van der Waals surface area contributed by atoms with E-state index >= 15 is 0 Å². The molecule has 0 saturated carbocycles. The molecule has 3 rings (SSSR count). The first-order valence-electron chi connectivity index (χ1n) is 5.09. The van der Waals surface area contributed by atoms with E-state index in [9.17, 15) is 0 Å². The first kappa shape index (κ1) is 8.51. The molecule has 2 aliphatic rings. The van der Waals surface area contributed by atoms with Gasteiger partial charge in [-0.3, -0.25) is 5.32 Å². The first-order valence-corrected chi connectivity index (χ1v) is 5.09. The first-order chi connectivity index (χ1) is 7.40. The van der Waals surface area contributed by atoms with Gasteiger partial charge in [0, 0.05) is 17.8 Å². The van der Waals surface area contributed by atoms with Gasteiger partial charge in [-0.2, -0.15) is 5.26 Å². The van der Waals surface area contributed by atoms with Crippen LogP contribution in [0, 0.1) is 11.3 Å². The summed E-state index contributed by atoms with van der Waals surface area (Å²) in [4.78, 5) is 0. The molecule has 0 radical (unpaired) electrons. The molecule has 0 spiro atoms. The molecule has 0 fully saturated rings. The Bertz CT molecular complexity index is 494. The minimum Gasteiger partial charge on any atom is -0.372 e. The Morgan fingerprint density at radius 1 is 1.33 bits per heavy atom. The third kappa shape index (κ3) is 1.15. The van der Waals surface area contributed by atoms with Crippen LogP contribution in [0.1, 0.15) is 16.7 Å². The van der Waals surface area contributed by atoms with E-state index in [1.165, 1.54) is 22.4 Å². The van der Waals surface area contributed by atoms with E-state index in [1.54, 1.807) is 0 Å². The lowest BCUT2D eigenvalue weighted by atomic mass is 10.0. The Kier molecular flexibility index (Phi) is 1.77. The number of nitrogens with one attached hydrogen (secondary N) is 2. The van der Waals surface area contributed by atoms with Gasteiger partial charge in [0.1, 0.15) is 0 Å². The summed E-state index contributed by atoms with van der Waals surface area (Å²) in [5.41, 5.74) is 5.82. The van der Waals surface area contributed by atoms with Crippen LogP contribution in [0.4, 0.5) is 0 Å². The number of fused-ring (bicyclic) bond motifs is 2. The smallest absolute Gasteiger partial charge is 0.0994 e. The van der Waals surface area contributed by atoms with Crippen molar-refractivity contribution in [3.8, 4) is 6.07 Å². The van der Waals surface area contributed by atoms with Gasteiger partial charge < -0.3 is 5.32 Å². The summed E-state index contributed by atoms with van der Waals surface area (Å²) in [5, 5.41) is 15.7. The van der Waals surface area contributed by atoms with Gasteiger partial charge in [0.25, 0.3) is 0 Å². The molecule has 1 aliphatic heterocycles. The minimum absolute atomic E-state index is 0.809. The minimum atomic E-state index is 0.809. The lowest BCUT2D eigenvalue weighted by Crippen LogP contribution is -2.34. The maximum absolute atomic E-state index is 9.03. The number of nitriles is 1. The summed E-state index contributed by atoms with van der Waals surface area (Å²) in [7, 11) is 0. The van der Waals surface area contributed by atoms with E-state index in [0.29, 0.717) is 0 Å². The van der Waals surface area contributed by atoms with Crippen LogP contribution in [-0.2, 0) is 6.42 Å². The zero-order valence-electron chi connectivity index (χ0n) is 8.30. The van der Waals surface area contributed by atoms with E-state index in [2.05, 4.69) is 22.8 Å². The molecule has 0 aromatic heterocycles. The molecular weight excluding hydrogens is 186 g/mol. The van der Waals surface area contributed by atoms with Crippen molar-refractivity contribution in [3.63, 3.8) is 0 Å². The maximum Gasteiger partial charge on any atom is 0.0994 e. The van der Waals surface area contributed by atoms with Crippen LogP contribution in [-0.4, -0.2) is 13.2 Å². The molecule has 0 unspecified atom stereocenters. The average molecular weight is 197 g/mol. The molecule has 0 saturated heterocycles. The average Bonchev–Trinajstić information content (AvgIpc) is 2.67. The summed E-state index contributed by atoms with van der Waals surface area (Å²) in [6.07, 6.45) is 0.911. The third-order valence-corrected chi connectivity index (χ3v) is 3.04. The van der Waals surface area contributed by atoms with E-state index in [4.69, 9.17) is 5.26 Å². The van der Waals surface area contributed by atoms with Crippen LogP contribution < -0.4 is 10.6 Å². The van der Waals surface area contributed by atoms with Gasteiger partial charge in [-0.1, -0.05) is 12.1 Å². The van der Waals surface area contributed by atoms with E-state index in [1.807, 2.05) is 12.1 Å². The third-order valence-electron chi connectivity index (χ3n) is 3.04. The Morgan fingerprint density at radius 2 is 2.27 bits per heavy atom. The largest absolute Gasteiger partial charge is 0.372 e. The van der Waals surface area contributed by atoms with Crippen molar-refractivity contribution in [2.24, 2.45) is 0 Å². The fourth-order valence-corrected chi connectivity index (χ4v) is 2.34. The maximum atomic E-state index is 9.03. The highest BCUT2D eigenvalue weighted by molar-refractivity contribution is 5.77. The summed E-state index contributed by atoms with van der Waals surface area (Å²) >= 11 is 0. The number of rotatable bonds is 0. The second kappa shape index (κ2) is 3.11. The normalized spacial score (nSPS) is 17.8. The summed E-state index contributed by atoms with van der Waals surface area (Å²) in [5.74, 6) is 0. The molecule has 1 aromatic carbocycles. The summed E-state index contributed by atoms with van der Waals surface area (Å²) in [6.45, 7) is 1.75. The molecule has 1 aliphatic carbocycles. The Balaban J connectivity index is 2.15. The summed E-state index contributed by atoms with van der Waals surface area (Å²) < 4.78 is 0. The van der Waals surface area contributed by atoms with E-state index < -0.39 is 0 Å². The Morgan fingerprint density at radius 3 is 3.13 bits per heavy atom. The van der Waals surface area contributed by atoms with Crippen molar-refractivity contribution >= 4 is 5.70 Å². The Hall–Kier alpha value is -1.79. The molecule has 1 aromatic rings. The standard InChI is InChI=1S/C12H11N3/c13-5-8-2-1-3-10-11(8)4-9-6-14-7-15-12(9)10/h1-3,14-15H,4,6-7H2. The molecule has 3 heteroatoms. The van der Waals surface area contributed by atoms with Crippen LogP contribution in [0.3, 0.4) is 0 Å². The molecular formula is C12H11N3. The van der Waals surface area contributed by atoms with Crippen molar-refractivity contribution in [2.75, 3.05) is 13.2 Å². The fraction of sp³-hybridized carbons (Fsp3) is 0.250. The lowest BCUT2D eigenvalue weighted by molar-refractivity contribution is 0.660. The topological polar surface area (TPSA) is 47.9 Å². The Labute approximate surface area is 88.4 Å². The quantitative estimate of drug-likeness (QED) is 0.651. The fourth-order valence-electron chi connectivity index (χ4n) is 2.34. The number of hydrogen-bond donors (Lipinski definition) is 2. The van der Waals surface area contributed by atoms with Gasteiger partial charge in [0.2, 0.25) is 0 Å². The van der Waals surface area contributed by atoms with Gasteiger partial charge in [-0.15, -0.1) is 0 Å². The predicted molar refractivity (Wildman–Crippen MR) is 57.8 cm³/mol. The van der Waals surface area contributed by atoms with Crippen molar-refractivity contribution in [1.82, 2.24) is 10.6 Å². The second-order valence-corrected chi connectivity index (χ2v) is 3.88. The van der Waals surface area contributed by atoms with Gasteiger partial charge in [-0.05, 0) is 23.6 Å². The highest BCUT2D eigenvalue weighted by Gasteiger charge is 2.25. The monoisotopic (exact) mass is 197 g/mol. The molecule has 74 valence electrons. The zero-order valence-corrected chi connectivity index (χ0v) is 8.30. The number of hydrogen-bond acceptors (Lipinski definition) is 3. The van der Waals surface area contributed by atoms with Gasteiger partial charge in [-0.25, -0.2) is 0 Å². The molecule has 0 atom stereocenters. The van der Waals surface area contributed by atoms with Crippen molar-refractivity contribution in [1.29, 1.82) is 5.26 Å². The van der Waals surface area contributed by atoms with Gasteiger partial charge in [0.15, 0.2) is 0 Å². The molecule has 2 N–H and O–H groups in total. The molecule has 0 amide bonds. The lowest BCUT2D eigenvalue weighted by Gasteiger charge is -2.18. The predicted octanol–water partition coefficient (Wildman–Crippen LogP) is 0.976. The van der Waals surface area contributed by atoms with Crippen molar-refractivity contribution in [2.45, 2.75) is 6.42 Å². The summed E-state index contributed by atoms with van der Waals surface area (Å²) in [6, 6.07) is 8.21. The van der Waals surface area contributed by atoms with Crippen LogP contribution >= 0.6 is 0 Å². The molecule has 3 nitrogen and oxygen atoms in total. The van der Waals surface area contributed by atoms with Crippen LogP contribution in [0.2, 0.25) is 0 Å². The number of benzene rings is 1. The van der Waals surface area contributed by atoms with Crippen LogP contribution in [0.25, 0.3) is 5.70 Å². The molecule has 0 bridgehead atoms.